The Morgan fingerprint density at radius 3 is 2.61 bits per heavy atom. The van der Waals surface area contributed by atoms with Crippen LogP contribution in [0.25, 0.3) is 10.2 Å². The molecule has 0 unspecified atom stereocenters. The number of thiazole rings is 1. The van der Waals surface area contributed by atoms with E-state index in [1.165, 1.54) is 6.07 Å². The van der Waals surface area contributed by atoms with E-state index in [0.29, 0.717) is 25.0 Å². The van der Waals surface area contributed by atoms with Crippen LogP contribution in [0.4, 0.5) is 4.39 Å². The quantitative estimate of drug-likeness (QED) is 0.178. The van der Waals surface area contributed by atoms with Gasteiger partial charge in [-0.25, -0.2) is 4.39 Å². The van der Waals surface area contributed by atoms with Crippen molar-refractivity contribution in [2.45, 2.75) is 84.1 Å². The normalized spacial score (nSPS) is 11.5. The van der Waals surface area contributed by atoms with Crippen molar-refractivity contribution in [3.05, 3.63) is 63.0 Å². The molecule has 3 N–H and O–H groups in total. The Bertz CT molecular complexity index is 1200. The first-order valence-electron chi connectivity index (χ1n) is 14.0. The SMILES string of the molecule is CCCC(CCC)N(CCCCCc1ccc(O)c2[nH]c(=O)sc12)C(=O)CCNCCc1cccc(F)c1. The maximum Gasteiger partial charge on any atom is 0.305 e. The lowest BCUT2D eigenvalue weighted by molar-refractivity contribution is -0.133. The Hall–Kier alpha value is -2.71. The van der Waals surface area contributed by atoms with Gasteiger partial charge in [-0.3, -0.25) is 9.59 Å². The number of amides is 1. The highest BCUT2D eigenvalue weighted by Gasteiger charge is 2.21. The maximum atomic E-state index is 13.4. The number of hydrogen-bond acceptors (Lipinski definition) is 5. The molecule has 8 heteroatoms. The Labute approximate surface area is 229 Å². The first-order valence-corrected chi connectivity index (χ1v) is 14.8. The Kier molecular flexibility index (Phi) is 12.3. The molecule has 1 heterocycles. The van der Waals surface area contributed by atoms with E-state index in [9.17, 15) is 19.1 Å². The van der Waals surface area contributed by atoms with Crippen molar-refractivity contribution in [3.8, 4) is 5.75 Å². The minimum absolute atomic E-state index is 0.109. The van der Waals surface area contributed by atoms with Gasteiger partial charge in [-0.2, -0.15) is 0 Å². The number of nitrogens with zero attached hydrogens (tertiary/aromatic N) is 1. The molecular formula is C30H42FN3O3S. The fraction of sp³-hybridized carbons (Fsp3) is 0.533. The minimum Gasteiger partial charge on any atom is -0.506 e. The summed E-state index contributed by atoms with van der Waals surface area (Å²) < 4.78 is 14.2. The molecule has 0 saturated heterocycles. The number of halogens is 1. The molecule has 0 aliphatic heterocycles. The van der Waals surface area contributed by atoms with E-state index in [1.807, 2.05) is 12.1 Å². The van der Waals surface area contributed by atoms with Crippen LogP contribution in [0.5, 0.6) is 5.75 Å². The molecule has 2 aromatic carbocycles. The fourth-order valence-electron chi connectivity index (χ4n) is 5.07. The number of unbranched alkanes of at least 4 members (excludes halogenated alkanes) is 2. The smallest absolute Gasteiger partial charge is 0.305 e. The largest absolute Gasteiger partial charge is 0.506 e. The number of nitrogens with one attached hydrogen (secondary N) is 2. The van der Waals surface area contributed by atoms with Crippen molar-refractivity contribution in [1.82, 2.24) is 15.2 Å². The summed E-state index contributed by atoms with van der Waals surface area (Å²) in [7, 11) is 0. The van der Waals surface area contributed by atoms with Gasteiger partial charge in [0.15, 0.2) is 0 Å². The van der Waals surface area contributed by atoms with Gasteiger partial charge in [-0.1, -0.05) is 62.6 Å². The second kappa shape index (κ2) is 15.6. The maximum absolute atomic E-state index is 13.4. The van der Waals surface area contributed by atoms with Crippen LogP contribution in [0.15, 0.2) is 41.2 Å². The standard InChI is InChI=1S/C30H42FN3O3S/c1-3-9-25(10-4-2)34(27(36)17-19-32-18-16-22-11-8-13-24(31)21-22)20-7-5-6-12-23-14-15-26(35)28-29(23)38-30(37)33-28/h8,11,13-15,21,25,32,35H,3-7,9-10,12,16-20H2,1-2H3,(H,33,37). The summed E-state index contributed by atoms with van der Waals surface area (Å²) >= 11 is 1.14. The summed E-state index contributed by atoms with van der Waals surface area (Å²) in [5.41, 5.74) is 2.56. The molecule has 0 bridgehead atoms. The van der Waals surface area contributed by atoms with Crippen LogP contribution in [-0.4, -0.2) is 46.6 Å². The summed E-state index contributed by atoms with van der Waals surface area (Å²) in [6.07, 6.45) is 9.06. The number of rotatable bonds is 17. The van der Waals surface area contributed by atoms with Crippen LogP contribution in [0.3, 0.4) is 0 Å². The topological polar surface area (TPSA) is 85.4 Å². The van der Waals surface area contributed by atoms with Gasteiger partial charge in [0.1, 0.15) is 17.1 Å². The van der Waals surface area contributed by atoms with E-state index in [2.05, 4.69) is 29.0 Å². The third-order valence-electron chi connectivity index (χ3n) is 6.98. The molecule has 1 aromatic heterocycles. The lowest BCUT2D eigenvalue weighted by Crippen LogP contribution is -2.42. The molecule has 6 nitrogen and oxygen atoms in total. The van der Waals surface area contributed by atoms with E-state index in [4.69, 9.17) is 0 Å². The van der Waals surface area contributed by atoms with Crippen LogP contribution < -0.4 is 10.2 Å². The van der Waals surface area contributed by atoms with Gasteiger partial charge >= 0.3 is 4.87 Å². The summed E-state index contributed by atoms with van der Waals surface area (Å²) in [6, 6.07) is 10.5. The van der Waals surface area contributed by atoms with Gasteiger partial charge in [0, 0.05) is 25.6 Å². The second-order valence-corrected chi connectivity index (χ2v) is 11.0. The number of aryl methyl sites for hydroxylation is 1. The Morgan fingerprint density at radius 2 is 1.87 bits per heavy atom. The van der Waals surface area contributed by atoms with Gasteiger partial charge < -0.3 is 20.3 Å². The van der Waals surface area contributed by atoms with E-state index in [-0.39, 0.29) is 28.4 Å². The van der Waals surface area contributed by atoms with Crippen LogP contribution in [0, 0.1) is 5.82 Å². The molecule has 38 heavy (non-hydrogen) atoms. The predicted octanol–water partition coefficient (Wildman–Crippen LogP) is 6.17. The highest BCUT2D eigenvalue weighted by molar-refractivity contribution is 7.16. The third kappa shape index (κ3) is 8.95. The zero-order chi connectivity index (χ0) is 27.3. The molecule has 0 spiro atoms. The first kappa shape index (κ1) is 29.8. The molecule has 3 rings (SSSR count). The van der Waals surface area contributed by atoms with Crippen molar-refractivity contribution >= 4 is 27.5 Å². The summed E-state index contributed by atoms with van der Waals surface area (Å²) in [6.45, 7) is 6.44. The molecule has 0 fully saturated rings. The molecule has 0 aliphatic rings. The van der Waals surface area contributed by atoms with Gasteiger partial charge in [-0.05, 0) is 74.4 Å². The van der Waals surface area contributed by atoms with Crippen molar-refractivity contribution in [2.75, 3.05) is 19.6 Å². The Morgan fingerprint density at radius 1 is 1.08 bits per heavy atom. The molecule has 3 aromatic rings. The van der Waals surface area contributed by atoms with Crippen molar-refractivity contribution in [3.63, 3.8) is 0 Å². The number of H-pyrrole nitrogens is 1. The molecule has 208 valence electrons. The van der Waals surface area contributed by atoms with Crippen LogP contribution in [0.2, 0.25) is 0 Å². The molecule has 0 atom stereocenters. The second-order valence-electron chi connectivity index (χ2n) is 9.97. The molecule has 1 amide bonds. The van der Waals surface area contributed by atoms with Gasteiger partial charge in [0.05, 0.1) is 4.70 Å². The summed E-state index contributed by atoms with van der Waals surface area (Å²) in [5.74, 6) is 0.0919. The van der Waals surface area contributed by atoms with E-state index < -0.39 is 0 Å². The number of hydrogen-bond donors (Lipinski definition) is 3. The number of carbonyl (C=O) groups is 1. The lowest BCUT2D eigenvalue weighted by atomic mass is 10.0. The van der Waals surface area contributed by atoms with Crippen molar-refractivity contribution in [1.29, 1.82) is 0 Å². The number of fused-ring (bicyclic) bond motifs is 1. The van der Waals surface area contributed by atoms with E-state index in [0.717, 1.165) is 91.5 Å². The number of phenolic OH excluding ortho intramolecular Hbond substituents is 1. The summed E-state index contributed by atoms with van der Waals surface area (Å²) in [4.78, 5) is 29.7. The predicted molar refractivity (Wildman–Crippen MR) is 155 cm³/mol. The molecular weight excluding hydrogens is 501 g/mol. The fourth-order valence-corrected chi connectivity index (χ4v) is 5.96. The van der Waals surface area contributed by atoms with Gasteiger partial charge in [0.2, 0.25) is 5.91 Å². The van der Waals surface area contributed by atoms with Gasteiger partial charge in [-0.15, -0.1) is 0 Å². The van der Waals surface area contributed by atoms with Crippen LogP contribution >= 0.6 is 11.3 Å². The highest BCUT2D eigenvalue weighted by atomic mass is 32.1. The van der Waals surface area contributed by atoms with Crippen LogP contribution in [-0.2, 0) is 17.6 Å². The number of aromatic nitrogens is 1. The van der Waals surface area contributed by atoms with Crippen LogP contribution in [0.1, 0.15) is 76.3 Å². The average molecular weight is 544 g/mol. The zero-order valence-corrected chi connectivity index (χ0v) is 23.5. The molecule has 0 aliphatic carbocycles. The molecule has 0 radical (unpaired) electrons. The van der Waals surface area contributed by atoms with Crippen molar-refractivity contribution in [2.24, 2.45) is 0 Å². The monoisotopic (exact) mass is 543 g/mol. The summed E-state index contributed by atoms with van der Waals surface area (Å²) in [5, 5.41) is 13.4. The number of carbonyl (C=O) groups excluding carboxylic acids is 1. The lowest BCUT2D eigenvalue weighted by Gasteiger charge is -2.32. The van der Waals surface area contributed by atoms with Crippen molar-refractivity contribution < 1.29 is 14.3 Å². The van der Waals surface area contributed by atoms with E-state index in [1.54, 1.807) is 18.2 Å². The number of benzene rings is 2. The van der Waals surface area contributed by atoms with E-state index >= 15 is 0 Å². The minimum atomic E-state index is -0.218. The third-order valence-corrected chi connectivity index (χ3v) is 7.94. The number of aromatic amines is 1. The molecule has 0 saturated carbocycles. The Balaban J connectivity index is 1.47. The number of phenols is 1. The highest BCUT2D eigenvalue weighted by Crippen LogP contribution is 2.29. The number of aromatic hydroxyl groups is 1. The zero-order valence-electron chi connectivity index (χ0n) is 22.7. The average Bonchev–Trinajstić information content (AvgIpc) is 3.29. The van der Waals surface area contributed by atoms with Gasteiger partial charge in [0.25, 0.3) is 0 Å². The first-order chi connectivity index (χ1) is 18.4.